The van der Waals surface area contributed by atoms with E-state index >= 15 is 0 Å². The fourth-order valence-electron chi connectivity index (χ4n) is 2.41. The molecule has 1 saturated heterocycles. The minimum absolute atomic E-state index is 0. The van der Waals surface area contributed by atoms with Crippen molar-refractivity contribution in [1.29, 1.82) is 0 Å². The highest BCUT2D eigenvalue weighted by atomic mass is 127. The van der Waals surface area contributed by atoms with E-state index in [1.54, 1.807) is 11.0 Å². The van der Waals surface area contributed by atoms with Gasteiger partial charge in [-0.05, 0) is 33.4 Å². The molecule has 1 aromatic heterocycles. The molecule has 2 N–H and O–H groups in total. The van der Waals surface area contributed by atoms with Gasteiger partial charge in [-0.1, -0.05) is 0 Å². The third kappa shape index (κ3) is 5.42. The van der Waals surface area contributed by atoms with Gasteiger partial charge < -0.3 is 15.5 Å². The first-order valence-corrected chi connectivity index (χ1v) is 7.26. The van der Waals surface area contributed by atoms with Gasteiger partial charge in [0, 0.05) is 26.2 Å². The molecule has 21 heavy (non-hydrogen) atoms. The maximum atomic E-state index is 4.56. The molecule has 1 aliphatic rings. The first-order chi connectivity index (χ1) is 9.70. The van der Waals surface area contributed by atoms with E-state index in [-0.39, 0.29) is 24.0 Å². The van der Waals surface area contributed by atoms with Crippen LogP contribution in [0.4, 0.5) is 0 Å². The summed E-state index contributed by atoms with van der Waals surface area (Å²) in [6.07, 6.45) is 4.10. The Kier molecular flexibility index (Phi) is 7.94. The zero-order chi connectivity index (χ0) is 14.4. The zero-order valence-corrected chi connectivity index (χ0v) is 15.4. The largest absolute Gasteiger partial charge is 0.357 e. The predicted molar refractivity (Wildman–Crippen MR) is 94.9 cm³/mol. The first-order valence-electron chi connectivity index (χ1n) is 7.26. The Labute approximate surface area is 143 Å². The van der Waals surface area contributed by atoms with Crippen LogP contribution >= 0.6 is 24.0 Å². The van der Waals surface area contributed by atoms with E-state index in [0.717, 1.165) is 24.9 Å². The van der Waals surface area contributed by atoms with Crippen LogP contribution in [-0.4, -0.2) is 58.3 Å². The van der Waals surface area contributed by atoms with Crippen molar-refractivity contribution in [2.75, 3.05) is 26.7 Å². The molecule has 8 heteroatoms. The molecule has 1 fully saturated rings. The summed E-state index contributed by atoms with van der Waals surface area (Å²) in [6.45, 7) is 5.58. The summed E-state index contributed by atoms with van der Waals surface area (Å²) >= 11 is 0. The molecule has 1 aromatic rings. The van der Waals surface area contributed by atoms with Gasteiger partial charge in [0.05, 0.1) is 0 Å². The highest BCUT2D eigenvalue weighted by molar-refractivity contribution is 14.0. The highest BCUT2D eigenvalue weighted by Crippen LogP contribution is 2.13. The minimum Gasteiger partial charge on any atom is -0.357 e. The van der Waals surface area contributed by atoms with Gasteiger partial charge in [0.2, 0.25) is 0 Å². The van der Waals surface area contributed by atoms with Crippen molar-refractivity contribution in [2.45, 2.75) is 32.4 Å². The maximum absolute atomic E-state index is 4.56. The lowest BCUT2D eigenvalue weighted by molar-refractivity contribution is 0.309. The summed E-state index contributed by atoms with van der Waals surface area (Å²) in [5.41, 5.74) is 0. The number of nitrogens with one attached hydrogen (secondary N) is 2. The Balaban J connectivity index is 0.00000220. The topological polar surface area (TPSA) is 70.4 Å². The molecule has 0 amide bonds. The molecular formula is C13H26IN7. The standard InChI is InChI=1S/C13H25N7.HI/c1-4-14-13(15-8-11-6-5-7-19(11)2)16-9-12-17-10-18-20(12)3;/h10-11H,4-9H2,1-3H3,(H2,14,15,16);1H. The Hall–Kier alpha value is -0.900. The maximum Gasteiger partial charge on any atom is 0.191 e. The predicted octanol–water partition coefficient (Wildman–Crippen LogP) is 0.582. The van der Waals surface area contributed by atoms with E-state index in [1.807, 2.05) is 7.05 Å². The lowest BCUT2D eigenvalue weighted by atomic mass is 10.2. The van der Waals surface area contributed by atoms with Crippen LogP contribution in [0.15, 0.2) is 11.3 Å². The number of aliphatic imine (C=N–C) groups is 1. The van der Waals surface area contributed by atoms with Crippen molar-refractivity contribution in [3.05, 3.63) is 12.2 Å². The van der Waals surface area contributed by atoms with Crippen LogP contribution in [0.25, 0.3) is 0 Å². The number of nitrogens with zero attached hydrogens (tertiary/aromatic N) is 5. The number of halogens is 1. The number of hydrogen-bond donors (Lipinski definition) is 2. The van der Waals surface area contributed by atoms with E-state index in [4.69, 9.17) is 0 Å². The molecule has 1 unspecified atom stereocenters. The average molecular weight is 407 g/mol. The highest BCUT2D eigenvalue weighted by Gasteiger charge is 2.20. The molecule has 1 atom stereocenters. The van der Waals surface area contributed by atoms with Crippen LogP contribution in [0.5, 0.6) is 0 Å². The van der Waals surface area contributed by atoms with E-state index in [2.05, 4.69) is 44.6 Å². The van der Waals surface area contributed by atoms with Crippen molar-refractivity contribution in [1.82, 2.24) is 30.3 Å². The molecule has 0 aliphatic carbocycles. The smallest absolute Gasteiger partial charge is 0.191 e. The van der Waals surface area contributed by atoms with Gasteiger partial charge in [-0.3, -0.25) is 4.68 Å². The summed E-state index contributed by atoms with van der Waals surface area (Å²) in [5.74, 6) is 1.70. The zero-order valence-electron chi connectivity index (χ0n) is 13.0. The number of hydrogen-bond acceptors (Lipinski definition) is 4. The van der Waals surface area contributed by atoms with Crippen LogP contribution in [0.1, 0.15) is 25.6 Å². The third-order valence-corrected chi connectivity index (χ3v) is 3.70. The molecule has 2 heterocycles. The van der Waals surface area contributed by atoms with Crippen molar-refractivity contribution >= 4 is 29.9 Å². The van der Waals surface area contributed by atoms with Crippen molar-refractivity contribution in [2.24, 2.45) is 12.0 Å². The van der Waals surface area contributed by atoms with E-state index in [9.17, 15) is 0 Å². The van der Waals surface area contributed by atoms with Gasteiger partial charge in [-0.15, -0.1) is 24.0 Å². The van der Waals surface area contributed by atoms with Crippen molar-refractivity contribution < 1.29 is 0 Å². The number of aromatic nitrogens is 3. The quantitative estimate of drug-likeness (QED) is 0.425. The molecule has 7 nitrogen and oxygen atoms in total. The second-order valence-electron chi connectivity index (χ2n) is 5.15. The molecule has 2 rings (SSSR count). The van der Waals surface area contributed by atoms with Gasteiger partial charge in [0.25, 0.3) is 0 Å². The number of aryl methyl sites for hydroxylation is 1. The van der Waals surface area contributed by atoms with Crippen LogP contribution in [-0.2, 0) is 13.6 Å². The fraction of sp³-hybridized carbons (Fsp3) is 0.769. The Morgan fingerprint density at radius 1 is 1.43 bits per heavy atom. The van der Waals surface area contributed by atoms with Gasteiger partial charge in [0.15, 0.2) is 5.96 Å². The van der Waals surface area contributed by atoms with E-state index in [0.29, 0.717) is 12.6 Å². The first kappa shape index (κ1) is 18.1. The van der Waals surface area contributed by atoms with E-state index in [1.165, 1.54) is 19.4 Å². The fourth-order valence-corrected chi connectivity index (χ4v) is 2.41. The molecular weight excluding hydrogens is 381 g/mol. The average Bonchev–Trinajstić information content (AvgIpc) is 3.02. The second-order valence-corrected chi connectivity index (χ2v) is 5.15. The molecule has 0 radical (unpaired) electrons. The van der Waals surface area contributed by atoms with Gasteiger partial charge in [-0.2, -0.15) is 5.10 Å². The number of rotatable bonds is 5. The lowest BCUT2D eigenvalue weighted by Crippen LogP contribution is -2.44. The SMILES string of the molecule is CCNC(=NCc1ncnn1C)NCC1CCCN1C.I. The Bertz CT molecular complexity index is 445. The van der Waals surface area contributed by atoms with Gasteiger partial charge >= 0.3 is 0 Å². The van der Waals surface area contributed by atoms with Gasteiger partial charge in [-0.25, -0.2) is 9.98 Å². The molecule has 0 saturated carbocycles. The second kappa shape index (κ2) is 9.19. The van der Waals surface area contributed by atoms with E-state index < -0.39 is 0 Å². The van der Waals surface area contributed by atoms with Crippen LogP contribution in [0, 0.1) is 0 Å². The molecule has 0 spiro atoms. The van der Waals surface area contributed by atoms with Crippen LogP contribution in [0.2, 0.25) is 0 Å². The normalized spacial score (nSPS) is 19.4. The van der Waals surface area contributed by atoms with Crippen molar-refractivity contribution in [3.8, 4) is 0 Å². The molecule has 1 aliphatic heterocycles. The number of likely N-dealkylation sites (N-methyl/N-ethyl adjacent to an activating group) is 1. The molecule has 0 bridgehead atoms. The molecule has 120 valence electrons. The van der Waals surface area contributed by atoms with Gasteiger partial charge in [0.1, 0.15) is 18.7 Å². The lowest BCUT2D eigenvalue weighted by Gasteiger charge is -2.21. The summed E-state index contributed by atoms with van der Waals surface area (Å²) in [5, 5.41) is 10.7. The number of likely N-dealkylation sites (tertiary alicyclic amines) is 1. The summed E-state index contributed by atoms with van der Waals surface area (Å²) in [4.78, 5) is 11.1. The monoisotopic (exact) mass is 407 g/mol. The van der Waals surface area contributed by atoms with Crippen molar-refractivity contribution in [3.63, 3.8) is 0 Å². The number of guanidine groups is 1. The van der Waals surface area contributed by atoms with Crippen LogP contribution in [0.3, 0.4) is 0 Å². The summed E-state index contributed by atoms with van der Waals surface area (Å²) in [6, 6.07) is 0.605. The summed E-state index contributed by atoms with van der Waals surface area (Å²) in [7, 11) is 4.06. The Morgan fingerprint density at radius 2 is 2.24 bits per heavy atom. The molecule has 0 aromatic carbocycles. The Morgan fingerprint density at radius 3 is 2.81 bits per heavy atom. The van der Waals surface area contributed by atoms with Crippen LogP contribution < -0.4 is 10.6 Å². The minimum atomic E-state index is 0. The summed E-state index contributed by atoms with van der Waals surface area (Å²) < 4.78 is 1.75. The third-order valence-electron chi connectivity index (χ3n) is 3.70.